The molecule has 0 aromatic heterocycles. The topological polar surface area (TPSA) is 49.4 Å². The fraction of sp³-hybridized carbons (Fsp3) is 1.00. The summed E-state index contributed by atoms with van der Waals surface area (Å²) in [5.41, 5.74) is 0. The molecule has 0 aromatic carbocycles. The van der Waals surface area contributed by atoms with Crippen LogP contribution in [0.15, 0.2) is 0 Å². The Balaban J connectivity index is 0. The second kappa shape index (κ2) is 7.64. The first kappa shape index (κ1) is 13.2. The van der Waals surface area contributed by atoms with Gasteiger partial charge in [0.05, 0.1) is 0 Å². The Labute approximate surface area is 72.6 Å². The third kappa shape index (κ3) is 11.4. The van der Waals surface area contributed by atoms with Crippen LogP contribution in [0.2, 0.25) is 0 Å². The quantitative estimate of drug-likeness (QED) is 0.519. The minimum atomic E-state index is -2.63. The predicted molar refractivity (Wildman–Crippen MR) is 33.0 cm³/mol. The number of hydrogen-bond acceptors (Lipinski definition) is 3. The Kier molecular flexibility index (Phi) is 10.1. The zero-order chi connectivity index (χ0) is 7.28. The monoisotopic (exact) mass is 213 g/mol. The van der Waals surface area contributed by atoms with Crippen LogP contribution in [-0.2, 0) is 26.2 Å². The standard InChI is InChI=1S/C5H11O3P.Cu/c1-5(2)3-4-8-9(6)7;/h5H,3-4H2,1-2H3;/q;+1. The van der Waals surface area contributed by atoms with Crippen LogP contribution in [0.3, 0.4) is 0 Å². The SMILES string of the molecule is CC(C)CCO[P+](=O)[O-].[Cu+]. The summed E-state index contributed by atoms with van der Waals surface area (Å²) in [6.45, 7) is 4.35. The molecule has 1 unspecified atom stereocenters. The molecule has 0 heterocycles. The minimum Gasteiger partial charge on any atom is -0.566 e. The summed E-state index contributed by atoms with van der Waals surface area (Å²) in [5.74, 6) is 0.500. The molecular weight excluding hydrogens is 203 g/mol. The van der Waals surface area contributed by atoms with Gasteiger partial charge in [-0.3, -0.25) is 0 Å². The summed E-state index contributed by atoms with van der Waals surface area (Å²) < 4.78 is 14.1. The molecule has 64 valence electrons. The van der Waals surface area contributed by atoms with Crippen molar-refractivity contribution in [2.75, 3.05) is 6.61 Å². The van der Waals surface area contributed by atoms with E-state index in [0.29, 0.717) is 12.5 Å². The van der Waals surface area contributed by atoms with Gasteiger partial charge in [-0.05, 0) is 16.9 Å². The average Bonchev–Trinajstić information content (AvgIpc) is 1.63. The molecule has 0 saturated carbocycles. The molecule has 0 aromatic rings. The van der Waals surface area contributed by atoms with Crippen molar-refractivity contribution < 1.29 is 31.1 Å². The van der Waals surface area contributed by atoms with E-state index in [9.17, 15) is 9.46 Å². The van der Waals surface area contributed by atoms with E-state index in [0.717, 1.165) is 6.42 Å². The maximum Gasteiger partial charge on any atom is 1.00 e. The van der Waals surface area contributed by atoms with Crippen LogP contribution in [0, 0.1) is 5.92 Å². The largest absolute Gasteiger partial charge is 1.00 e. The van der Waals surface area contributed by atoms with Crippen molar-refractivity contribution in [3.63, 3.8) is 0 Å². The molecule has 0 aliphatic carbocycles. The molecule has 0 spiro atoms. The van der Waals surface area contributed by atoms with E-state index < -0.39 is 8.25 Å². The zero-order valence-corrected chi connectivity index (χ0v) is 7.80. The summed E-state index contributed by atoms with van der Waals surface area (Å²) in [5, 5.41) is 0. The summed E-state index contributed by atoms with van der Waals surface area (Å²) in [6.07, 6.45) is 0.795. The first-order chi connectivity index (χ1) is 4.13. The molecule has 1 atom stereocenters. The van der Waals surface area contributed by atoms with Crippen molar-refractivity contribution in [2.45, 2.75) is 20.3 Å². The molecule has 0 amide bonds. The summed E-state index contributed by atoms with van der Waals surface area (Å²) in [7, 11) is -2.63. The fourth-order valence-electron chi connectivity index (χ4n) is 0.363. The summed E-state index contributed by atoms with van der Waals surface area (Å²) >= 11 is 0. The Hall–Kier alpha value is 0.539. The molecule has 0 fully saturated rings. The van der Waals surface area contributed by atoms with E-state index in [1.54, 1.807) is 0 Å². The Morgan fingerprint density at radius 1 is 1.60 bits per heavy atom. The van der Waals surface area contributed by atoms with Gasteiger partial charge in [-0.15, -0.1) is 4.52 Å². The van der Waals surface area contributed by atoms with Crippen LogP contribution in [0.25, 0.3) is 0 Å². The maximum absolute atomic E-state index is 9.80. The smallest absolute Gasteiger partial charge is 0.566 e. The molecule has 0 aliphatic rings. The number of rotatable bonds is 4. The van der Waals surface area contributed by atoms with Crippen molar-refractivity contribution in [3.8, 4) is 0 Å². The molecule has 5 heteroatoms. The van der Waals surface area contributed by atoms with Gasteiger partial charge in [-0.1, -0.05) is 13.8 Å². The van der Waals surface area contributed by atoms with Gasteiger partial charge in [0.2, 0.25) is 0 Å². The van der Waals surface area contributed by atoms with Gasteiger partial charge in [0.1, 0.15) is 6.61 Å². The van der Waals surface area contributed by atoms with E-state index in [-0.39, 0.29) is 17.1 Å². The Morgan fingerprint density at radius 3 is 2.40 bits per heavy atom. The fourth-order valence-corrected chi connectivity index (χ4v) is 0.617. The summed E-state index contributed by atoms with van der Waals surface area (Å²) in [4.78, 5) is 9.80. The van der Waals surface area contributed by atoms with Crippen LogP contribution in [0.1, 0.15) is 20.3 Å². The molecule has 10 heavy (non-hydrogen) atoms. The third-order valence-electron chi connectivity index (χ3n) is 0.892. The molecule has 0 N–H and O–H groups in total. The van der Waals surface area contributed by atoms with Crippen molar-refractivity contribution in [1.29, 1.82) is 0 Å². The Bertz CT molecular complexity index is 96.9. The normalized spacial score (nSPS) is 11.0. The van der Waals surface area contributed by atoms with Crippen molar-refractivity contribution in [1.82, 2.24) is 0 Å². The minimum absolute atomic E-state index is 0. The third-order valence-corrected chi connectivity index (χ3v) is 1.29. The average molecular weight is 214 g/mol. The van der Waals surface area contributed by atoms with Gasteiger partial charge in [0.15, 0.2) is 0 Å². The number of hydrogen-bond donors (Lipinski definition) is 0. The zero-order valence-electron chi connectivity index (χ0n) is 5.97. The van der Waals surface area contributed by atoms with Crippen LogP contribution in [0.5, 0.6) is 0 Å². The first-order valence-electron chi connectivity index (χ1n) is 2.90. The van der Waals surface area contributed by atoms with Gasteiger partial charge in [-0.2, -0.15) is 0 Å². The van der Waals surface area contributed by atoms with E-state index in [1.165, 1.54) is 0 Å². The first-order valence-corrected chi connectivity index (χ1v) is 3.99. The van der Waals surface area contributed by atoms with Crippen LogP contribution in [0.4, 0.5) is 0 Å². The van der Waals surface area contributed by atoms with Gasteiger partial charge in [0.25, 0.3) is 0 Å². The van der Waals surface area contributed by atoms with Crippen LogP contribution >= 0.6 is 8.25 Å². The summed E-state index contributed by atoms with van der Waals surface area (Å²) in [6, 6.07) is 0. The van der Waals surface area contributed by atoms with E-state index in [1.807, 2.05) is 13.8 Å². The Morgan fingerprint density at radius 2 is 2.10 bits per heavy atom. The van der Waals surface area contributed by atoms with E-state index in [2.05, 4.69) is 4.52 Å². The molecule has 0 rings (SSSR count). The van der Waals surface area contributed by atoms with Crippen molar-refractivity contribution in [2.24, 2.45) is 5.92 Å². The molecule has 0 aliphatic heterocycles. The van der Waals surface area contributed by atoms with E-state index >= 15 is 0 Å². The maximum atomic E-state index is 9.80. The van der Waals surface area contributed by atoms with Gasteiger partial charge >= 0.3 is 25.3 Å². The molecule has 0 bridgehead atoms. The van der Waals surface area contributed by atoms with Crippen LogP contribution in [-0.4, -0.2) is 6.61 Å². The molecule has 0 saturated heterocycles. The van der Waals surface area contributed by atoms with Crippen molar-refractivity contribution >= 4 is 8.25 Å². The molecule has 3 nitrogen and oxygen atoms in total. The second-order valence-electron chi connectivity index (χ2n) is 2.24. The second-order valence-corrected chi connectivity index (χ2v) is 2.94. The molecular formula is C5H11CuO3P+. The van der Waals surface area contributed by atoms with Gasteiger partial charge in [-0.25, -0.2) is 0 Å². The van der Waals surface area contributed by atoms with Crippen LogP contribution < -0.4 is 4.89 Å². The van der Waals surface area contributed by atoms with Crippen molar-refractivity contribution in [3.05, 3.63) is 0 Å². The predicted octanol–water partition coefficient (Wildman–Crippen LogP) is 1.06. The van der Waals surface area contributed by atoms with Gasteiger partial charge < -0.3 is 4.89 Å². The molecule has 0 radical (unpaired) electrons. The van der Waals surface area contributed by atoms with E-state index in [4.69, 9.17) is 0 Å². The van der Waals surface area contributed by atoms with Gasteiger partial charge in [0, 0.05) is 0 Å².